The fourth-order valence-corrected chi connectivity index (χ4v) is 4.21. The summed E-state index contributed by atoms with van der Waals surface area (Å²) in [5.74, 6) is 0.532. The van der Waals surface area contributed by atoms with E-state index in [0.29, 0.717) is 50.7 Å². The maximum atomic E-state index is 14.7. The number of guanidine groups is 1. The Kier molecular flexibility index (Phi) is 11.6. The van der Waals surface area contributed by atoms with Gasteiger partial charge in [0.1, 0.15) is 5.82 Å². The van der Waals surface area contributed by atoms with Gasteiger partial charge in [-0.25, -0.2) is 9.38 Å². The number of likely N-dealkylation sites (tertiary alicyclic amines) is 1. The molecule has 1 amide bonds. The summed E-state index contributed by atoms with van der Waals surface area (Å²) in [6.45, 7) is 6.67. The summed E-state index contributed by atoms with van der Waals surface area (Å²) < 4.78 is 14.7. The van der Waals surface area contributed by atoms with Gasteiger partial charge in [-0.15, -0.1) is 24.0 Å². The zero-order chi connectivity index (χ0) is 22.9. The van der Waals surface area contributed by atoms with Gasteiger partial charge in [-0.1, -0.05) is 6.07 Å². The maximum absolute atomic E-state index is 14.7. The van der Waals surface area contributed by atoms with Crippen LogP contribution in [0.4, 0.5) is 10.1 Å². The van der Waals surface area contributed by atoms with Crippen LogP contribution in [0.15, 0.2) is 23.2 Å². The Labute approximate surface area is 213 Å². The molecule has 0 radical (unpaired) electrons. The van der Waals surface area contributed by atoms with E-state index in [2.05, 4.69) is 25.8 Å². The number of rotatable bonds is 7. The average Bonchev–Trinajstić information content (AvgIpc) is 2.79. The Bertz CT molecular complexity index is 780. The molecule has 0 bridgehead atoms. The van der Waals surface area contributed by atoms with E-state index in [-0.39, 0.29) is 41.8 Å². The highest BCUT2D eigenvalue weighted by molar-refractivity contribution is 14.0. The van der Waals surface area contributed by atoms with Crippen molar-refractivity contribution in [1.82, 2.24) is 20.9 Å². The SMILES string of the molecule is CCNC(=NCc1ccc(N2CCC(O)CC2)c(F)c1)NC1CCN(CC(=O)NC)CC1.I. The summed E-state index contributed by atoms with van der Waals surface area (Å²) in [6.07, 6.45) is 2.95. The first-order valence-corrected chi connectivity index (χ1v) is 11.7. The first-order chi connectivity index (χ1) is 15.5. The minimum absolute atomic E-state index is 0. The summed E-state index contributed by atoms with van der Waals surface area (Å²) in [7, 11) is 1.66. The van der Waals surface area contributed by atoms with Gasteiger partial charge in [0.25, 0.3) is 0 Å². The number of hydrogen-bond acceptors (Lipinski definition) is 5. The number of benzene rings is 1. The molecule has 10 heteroatoms. The molecule has 2 aliphatic rings. The number of carbonyl (C=O) groups is 1. The molecule has 186 valence electrons. The van der Waals surface area contributed by atoms with Gasteiger partial charge in [-0.3, -0.25) is 9.69 Å². The highest BCUT2D eigenvalue weighted by Crippen LogP contribution is 2.24. The molecule has 2 fully saturated rings. The monoisotopic (exact) mass is 576 g/mol. The van der Waals surface area contributed by atoms with Crippen LogP contribution in [0.3, 0.4) is 0 Å². The van der Waals surface area contributed by atoms with E-state index in [1.807, 2.05) is 24.0 Å². The Morgan fingerprint density at radius 3 is 2.48 bits per heavy atom. The molecule has 3 rings (SSSR count). The molecule has 1 aromatic rings. The standard InChI is InChI=1S/C23H37FN6O2.HI/c1-3-26-23(28-18-6-10-29(11-7-18)16-22(32)25-2)27-15-17-4-5-21(20(24)14-17)30-12-8-19(31)9-13-30;/h4-5,14,18-19,31H,3,6-13,15-16H2,1-2H3,(H,25,32)(H2,26,27,28);1H. The van der Waals surface area contributed by atoms with E-state index < -0.39 is 0 Å². The molecule has 2 aliphatic heterocycles. The molecule has 8 nitrogen and oxygen atoms in total. The maximum Gasteiger partial charge on any atom is 0.233 e. The lowest BCUT2D eigenvalue weighted by molar-refractivity contribution is -0.122. The molecule has 0 saturated carbocycles. The normalized spacial score (nSPS) is 18.5. The fourth-order valence-electron chi connectivity index (χ4n) is 4.21. The van der Waals surface area contributed by atoms with Crippen molar-refractivity contribution in [2.24, 2.45) is 4.99 Å². The molecule has 0 atom stereocenters. The molecule has 0 aromatic heterocycles. The molecular weight excluding hydrogens is 538 g/mol. The van der Waals surface area contributed by atoms with Gasteiger partial charge >= 0.3 is 0 Å². The number of carbonyl (C=O) groups excluding carboxylic acids is 1. The second-order valence-corrected chi connectivity index (χ2v) is 8.57. The van der Waals surface area contributed by atoms with E-state index in [4.69, 9.17) is 0 Å². The van der Waals surface area contributed by atoms with Crippen molar-refractivity contribution < 1.29 is 14.3 Å². The number of anilines is 1. The number of hydrogen-bond donors (Lipinski definition) is 4. The molecule has 0 aliphatic carbocycles. The lowest BCUT2D eigenvalue weighted by Crippen LogP contribution is -2.50. The highest BCUT2D eigenvalue weighted by atomic mass is 127. The number of aliphatic hydroxyl groups excluding tert-OH is 1. The van der Waals surface area contributed by atoms with Crippen molar-refractivity contribution in [3.8, 4) is 0 Å². The largest absolute Gasteiger partial charge is 0.393 e. The smallest absolute Gasteiger partial charge is 0.233 e. The van der Waals surface area contributed by atoms with Crippen molar-refractivity contribution >= 4 is 41.5 Å². The second-order valence-electron chi connectivity index (χ2n) is 8.57. The van der Waals surface area contributed by atoms with Gasteiger partial charge in [-0.2, -0.15) is 0 Å². The number of nitrogens with one attached hydrogen (secondary N) is 3. The summed E-state index contributed by atoms with van der Waals surface area (Å²) in [6, 6.07) is 5.60. The number of aliphatic imine (C=N–C) groups is 1. The summed E-state index contributed by atoms with van der Waals surface area (Å²) >= 11 is 0. The van der Waals surface area contributed by atoms with Crippen LogP contribution >= 0.6 is 24.0 Å². The molecule has 4 N–H and O–H groups in total. The fraction of sp³-hybridized carbons (Fsp3) is 0.652. The molecule has 2 saturated heterocycles. The van der Waals surface area contributed by atoms with Crippen molar-refractivity contribution in [3.05, 3.63) is 29.6 Å². The number of aliphatic hydroxyl groups is 1. The van der Waals surface area contributed by atoms with Gasteiger partial charge in [0.15, 0.2) is 5.96 Å². The van der Waals surface area contributed by atoms with Crippen molar-refractivity contribution in [3.63, 3.8) is 0 Å². The Hall–Kier alpha value is -1.66. The van der Waals surface area contributed by atoms with Crippen molar-refractivity contribution in [1.29, 1.82) is 0 Å². The Balaban J connectivity index is 0.00000385. The molecule has 1 aromatic carbocycles. The lowest BCUT2D eigenvalue weighted by atomic mass is 10.1. The first kappa shape index (κ1) is 27.6. The Morgan fingerprint density at radius 1 is 1.18 bits per heavy atom. The predicted molar refractivity (Wildman–Crippen MR) is 141 cm³/mol. The molecule has 0 spiro atoms. The van der Waals surface area contributed by atoms with E-state index in [0.717, 1.165) is 44.0 Å². The van der Waals surface area contributed by atoms with Gasteiger partial charge in [0.05, 0.1) is 24.9 Å². The third kappa shape index (κ3) is 8.56. The van der Waals surface area contributed by atoms with Crippen LogP contribution in [0.5, 0.6) is 0 Å². The third-order valence-corrected chi connectivity index (χ3v) is 6.16. The third-order valence-electron chi connectivity index (χ3n) is 6.16. The van der Waals surface area contributed by atoms with Crippen LogP contribution in [-0.2, 0) is 11.3 Å². The van der Waals surface area contributed by atoms with Gasteiger partial charge in [0.2, 0.25) is 5.91 Å². The van der Waals surface area contributed by atoms with Crippen molar-refractivity contribution in [2.75, 3.05) is 51.2 Å². The summed E-state index contributed by atoms with van der Waals surface area (Å²) in [4.78, 5) is 20.4. The van der Waals surface area contributed by atoms with Crippen LogP contribution in [0.1, 0.15) is 38.2 Å². The van der Waals surface area contributed by atoms with E-state index in [1.54, 1.807) is 13.1 Å². The second kappa shape index (κ2) is 13.9. The molecule has 33 heavy (non-hydrogen) atoms. The highest BCUT2D eigenvalue weighted by Gasteiger charge is 2.22. The Morgan fingerprint density at radius 2 is 1.88 bits per heavy atom. The minimum atomic E-state index is -0.275. The lowest BCUT2D eigenvalue weighted by Gasteiger charge is -2.32. The molecule has 2 heterocycles. The van der Waals surface area contributed by atoms with Gasteiger partial charge < -0.3 is 26.0 Å². The van der Waals surface area contributed by atoms with E-state index >= 15 is 0 Å². The van der Waals surface area contributed by atoms with Crippen LogP contribution in [0, 0.1) is 5.82 Å². The minimum Gasteiger partial charge on any atom is -0.393 e. The molecule has 0 unspecified atom stereocenters. The van der Waals surface area contributed by atoms with Crippen molar-refractivity contribution in [2.45, 2.75) is 51.3 Å². The van der Waals surface area contributed by atoms with E-state index in [9.17, 15) is 14.3 Å². The summed E-state index contributed by atoms with van der Waals surface area (Å²) in [5.41, 5.74) is 1.42. The molecular formula is C23H38FIN6O2. The summed E-state index contributed by atoms with van der Waals surface area (Å²) in [5, 5.41) is 19.1. The average molecular weight is 576 g/mol. The zero-order valence-corrected chi connectivity index (χ0v) is 22.0. The van der Waals surface area contributed by atoms with Crippen LogP contribution in [0.25, 0.3) is 0 Å². The first-order valence-electron chi connectivity index (χ1n) is 11.7. The van der Waals surface area contributed by atoms with Gasteiger partial charge in [0, 0.05) is 45.8 Å². The van der Waals surface area contributed by atoms with Crippen LogP contribution in [0.2, 0.25) is 0 Å². The number of amides is 1. The van der Waals surface area contributed by atoms with E-state index in [1.165, 1.54) is 0 Å². The number of halogens is 2. The van der Waals surface area contributed by atoms with Crippen LogP contribution < -0.4 is 20.9 Å². The number of nitrogens with zero attached hydrogens (tertiary/aromatic N) is 3. The van der Waals surface area contributed by atoms with Gasteiger partial charge in [-0.05, 0) is 50.3 Å². The quantitative estimate of drug-likeness (QED) is 0.225. The number of likely N-dealkylation sites (N-methyl/N-ethyl adjacent to an activating group) is 1. The van der Waals surface area contributed by atoms with Crippen LogP contribution in [-0.4, -0.2) is 80.3 Å². The number of piperidine rings is 2. The topological polar surface area (TPSA) is 92.2 Å². The predicted octanol–water partition coefficient (Wildman–Crippen LogP) is 1.67. The zero-order valence-electron chi connectivity index (χ0n) is 19.6.